The lowest BCUT2D eigenvalue weighted by atomic mass is 9.93. The fourth-order valence-electron chi connectivity index (χ4n) is 3.17. The number of aliphatic hydroxyl groups excluding tert-OH is 1. The van der Waals surface area contributed by atoms with E-state index in [2.05, 4.69) is 9.97 Å². The van der Waals surface area contributed by atoms with Gasteiger partial charge >= 0.3 is 0 Å². The van der Waals surface area contributed by atoms with Crippen molar-refractivity contribution in [2.24, 2.45) is 0 Å². The average Bonchev–Trinajstić information content (AvgIpc) is 2.55. The molecular weight excluding hydrogens is 309 g/mol. The maximum atomic E-state index is 14.6. The highest BCUT2D eigenvalue weighted by atomic mass is 19.1. The number of hydrogen-bond donors (Lipinski definition) is 2. The van der Waals surface area contributed by atoms with Gasteiger partial charge in [0, 0.05) is 40.9 Å². The summed E-state index contributed by atoms with van der Waals surface area (Å²) in [6.45, 7) is 2.27. The van der Waals surface area contributed by atoms with E-state index in [0.717, 1.165) is 10.9 Å². The molecule has 0 fully saturated rings. The third kappa shape index (κ3) is 2.27. The van der Waals surface area contributed by atoms with Crippen molar-refractivity contribution in [3.8, 4) is 17.0 Å². The van der Waals surface area contributed by atoms with E-state index in [1.807, 2.05) is 6.92 Å². The molecule has 0 aliphatic carbocycles. The van der Waals surface area contributed by atoms with E-state index in [-0.39, 0.29) is 5.82 Å². The van der Waals surface area contributed by atoms with Crippen LogP contribution in [0.3, 0.4) is 0 Å². The highest BCUT2D eigenvalue weighted by Gasteiger charge is 2.25. The number of halogens is 1. The molecule has 5 nitrogen and oxygen atoms in total. The molecule has 0 bridgehead atoms. The molecule has 1 aromatic carbocycles. The molecule has 1 atom stereocenters. The van der Waals surface area contributed by atoms with Gasteiger partial charge in [-0.05, 0) is 36.1 Å². The Morgan fingerprint density at radius 2 is 2.00 bits per heavy atom. The predicted molar refractivity (Wildman–Crippen MR) is 89.2 cm³/mol. The minimum Gasteiger partial charge on any atom is -0.477 e. The molecule has 3 heterocycles. The smallest absolute Gasteiger partial charge is 0.219 e. The first-order chi connectivity index (χ1) is 11.5. The standard InChI is InChI=1S/C18H16FN3O2/c1-9-13(8-22-18-17(9)15(23)2-3-24-18)12-4-10-6-16(20)21-7-11(10)5-14(12)19/h4-8,15,23H,2-3H2,1H3,(H2,20,21). The number of ether oxygens (including phenoxy) is 1. The van der Waals surface area contributed by atoms with E-state index in [1.54, 1.807) is 24.5 Å². The van der Waals surface area contributed by atoms with Gasteiger partial charge in [0.05, 0.1) is 12.7 Å². The van der Waals surface area contributed by atoms with Gasteiger partial charge in [-0.1, -0.05) is 0 Å². The van der Waals surface area contributed by atoms with Crippen molar-refractivity contribution in [2.75, 3.05) is 12.3 Å². The zero-order chi connectivity index (χ0) is 16.8. The first-order valence-corrected chi connectivity index (χ1v) is 7.70. The molecule has 3 N–H and O–H groups in total. The molecule has 0 saturated heterocycles. The third-order valence-corrected chi connectivity index (χ3v) is 4.43. The van der Waals surface area contributed by atoms with Crippen LogP contribution in [0.1, 0.15) is 23.7 Å². The van der Waals surface area contributed by atoms with Crippen molar-refractivity contribution < 1.29 is 14.2 Å². The van der Waals surface area contributed by atoms with Gasteiger partial charge < -0.3 is 15.6 Å². The second kappa shape index (κ2) is 5.42. The predicted octanol–water partition coefficient (Wildman–Crippen LogP) is 3.14. The van der Waals surface area contributed by atoms with Crippen LogP contribution in [0.15, 0.2) is 30.6 Å². The topological polar surface area (TPSA) is 81.3 Å². The Morgan fingerprint density at radius 3 is 2.83 bits per heavy atom. The average molecular weight is 325 g/mol. The van der Waals surface area contributed by atoms with Gasteiger partial charge in [0.2, 0.25) is 5.88 Å². The molecule has 4 rings (SSSR count). The van der Waals surface area contributed by atoms with Crippen LogP contribution < -0.4 is 10.5 Å². The lowest BCUT2D eigenvalue weighted by Gasteiger charge is -2.24. The molecule has 0 spiro atoms. The van der Waals surface area contributed by atoms with Crippen molar-refractivity contribution in [3.63, 3.8) is 0 Å². The highest BCUT2D eigenvalue weighted by Crippen LogP contribution is 2.38. The molecule has 24 heavy (non-hydrogen) atoms. The quantitative estimate of drug-likeness (QED) is 0.718. The van der Waals surface area contributed by atoms with Gasteiger partial charge in [0.15, 0.2) is 0 Å². The Balaban J connectivity index is 1.94. The van der Waals surface area contributed by atoms with Gasteiger partial charge in [-0.25, -0.2) is 14.4 Å². The van der Waals surface area contributed by atoms with Crippen molar-refractivity contribution in [3.05, 3.63) is 47.5 Å². The van der Waals surface area contributed by atoms with E-state index >= 15 is 0 Å². The van der Waals surface area contributed by atoms with E-state index in [1.165, 1.54) is 6.07 Å². The van der Waals surface area contributed by atoms with E-state index in [0.29, 0.717) is 46.8 Å². The van der Waals surface area contributed by atoms with Crippen LogP contribution in [0.4, 0.5) is 10.2 Å². The molecule has 122 valence electrons. The molecule has 2 aromatic heterocycles. The maximum Gasteiger partial charge on any atom is 0.219 e. The first kappa shape index (κ1) is 14.8. The van der Waals surface area contributed by atoms with Gasteiger partial charge in [-0.15, -0.1) is 0 Å². The second-order valence-electron chi connectivity index (χ2n) is 5.96. The number of aliphatic hydroxyl groups is 1. The van der Waals surface area contributed by atoms with E-state index in [9.17, 15) is 9.50 Å². The summed E-state index contributed by atoms with van der Waals surface area (Å²) in [6.07, 6.45) is 2.99. The number of hydrogen-bond acceptors (Lipinski definition) is 5. The normalized spacial score (nSPS) is 16.7. The van der Waals surface area contributed by atoms with Crippen LogP contribution >= 0.6 is 0 Å². The minimum absolute atomic E-state index is 0.370. The Morgan fingerprint density at radius 1 is 1.17 bits per heavy atom. The summed E-state index contributed by atoms with van der Waals surface area (Å²) in [7, 11) is 0. The lowest BCUT2D eigenvalue weighted by Crippen LogP contribution is -2.16. The summed E-state index contributed by atoms with van der Waals surface area (Å²) in [6, 6.07) is 4.87. The van der Waals surface area contributed by atoms with E-state index in [4.69, 9.17) is 10.5 Å². The van der Waals surface area contributed by atoms with Crippen LogP contribution in [-0.2, 0) is 0 Å². The summed E-state index contributed by atoms with van der Waals surface area (Å²) in [5.41, 5.74) is 8.17. The minimum atomic E-state index is -0.649. The van der Waals surface area contributed by atoms with Crippen LogP contribution in [0.2, 0.25) is 0 Å². The molecule has 0 radical (unpaired) electrons. The Labute approximate surface area is 137 Å². The number of nitrogen functional groups attached to an aromatic ring is 1. The summed E-state index contributed by atoms with van der Waals surface area (Å²) >= 11 is 0. The molecule has 1 aliphatic heterocycles. The van der Waals surface area contributed by atoms with Gasteiger partial charge in [0.25, 0.3) is 0 Å². The zero-order valence-electron chi connectivity index (χ0n) is 13.1. The fourth-order valence-corrected chi connectivity index (χ4v) is 3.17. The number of pyridine rings is 2. The summed E-state index contributed by atoms with van der Waals surface area (Å²) in [4.78, 5) is 8.24. The molecule has 0 saturated carbocycles. The Kier molecular flexibility index (Phi) is 3.35. The summed E-state index contributed by atoms with van der Waals surface area (Å²) in [5.74, 6) is 0.430. The largest absolute Gasteiger partial charge is 0.477 e. The number of aromatic nitrogens is 2. The summed E-state index contributed by atoms with van der Waals surface area (Å²) < 4.78 is 20.1. The Bertz CT molecular complexity index is 959. The Hall–Kier alpha value is -2.73. The summed E-state index contributed by atoms with van der Waals surface area (Å²) in [5, 5.41) is 11.7. The maximum absolute atomic E-state index is 14.6. The van der Waals surface area contributed by atoms with Crippen LogP contribution in [0.5, 0.6) is 5.88 Å². The fraction of sp³-hybridized carbons (Fsp3) is 0.222. The van der Waals surface area contributed by atoms with Gasteiger partial charge in [-0.3, -0.25) is 0 Å². The number of anilines is 1. The van der Waals surface area contributed by atoms with Crippen molar-refractivity contribution >= 4 is 16.6 Å². The van der Waals surface area contributed by atoms with Crippen molar-refractivity contribution in [1.29, 1.82) is 0 Å². The first-order valence-electron chi connectivity index (χ1n) is 7.70. The number of fused-ring (bicyclic) bond motifs is 2. The van der Waals surface area contributed by atoms with Crippen molar-refractivity contribution in [2.45, 2.75) is 19.4 Å². The van der Waals surface area contributed by atoms with Crippen LogP contribution in [-0.4, -0.2) is 21.7 Å². The monoisotopic (exact) mass is 325 g/mol. The molecule has 3 aromatic rings. The molecular formula is C18H16FN3O2. The third-order valence-electron chi connectivity index (χ3n) is 4.43. The van der Waals surface area contributed by atoms with Gasteiger partial charge in [-0.2, -0.15) is 0 Å². The van der Waals surface area contributed by atoms with Crippen LogP contribution in [0, 0.1) is 12.7 Å². The number of benzene rings is 1. The second-order valence-corrected chi connectivity index (χ2v) is 5.96. The van der Waals surface area contributed by atoms with Crippen molar-refractivity contribution in [1.82, 2.24) is 9.97 Å². The lowest BCUT2D eigenvalue weighted by molar-refractivity contribution is 0.111. The number of rotatable bonds is 1. The molecule has 1 aliphatic rings. The number of nitrogens with zero attached hydrogens (tertiary/aromatic N) is 2. The molecule has 0 amide bonds. The molecule has 1 unspecified atom stereocenters. The SMILES string of the molecule is Cc1c(-c2cc3cc(N)ncc3cc2F)cnc2c1C(O)CCO2. The highest BCUT2D eigenvalue weighted by molar-refractivity contribution is 5.89. The van der Waals surface area contributed by atoms with Gasteiger partial charge in [0.1, 0.15) is 11.6 Å². The van der Waals surface area contributed by atoms with Crippen LogP contribution in [0.25, 0.3) is 21.9 Å². The zero-order valence-corrected chi connectivity index (χ0v) is 13.1. The number of nitrogens with two attached hydrogens (primary N) is 1. The molecule has 6 heteroatoms. The van der Waals surface area contributed by atoms with E-state index < -0.39 is 6.10 Å².